The summed E-state index contributed by atoms with van der Waals surface area (Å²) in [5.74, 6) is -0.716. The van der Waals surface area contributed by atoms with E-state index in [4.69, 9.17) is 16.3 Å². The van der Waals surface area contributed by atoms with Crippen LogP contribution in [0.1, 0.15) is 63.5 Å². The van der Waals surface area contributed by atoms with Crippen LogP contribution < -0.4 is 0 Å². The number of ether oxygens (including phenoxy) is 1. The van der Waals surface area contributed by atoms with Crippen molar-refractivity contribution in [3.63, 3.8) is 0 Å². The number of imide groups is 1. The van der Waals surface area contributed by atoms with Crippen LogP contribution in [0.25, 0.3) is 0 Å². The van der Waals surface area contributed by atoms with Crippen LogP contribution in [0.3, 0.4) is 0 Å². The van der Waals surface area contributed by atoms with Crippen molar-refractivity contribution in [2.24, 2.45) is 5.92 Å². The number of hydrogen-bond donors (Lipinski definition) is 0. The molecule has 2 amide bonds. The van der Waals surface area contributed by atoms with Crippen molar-refractivity contribution in [1.29, 1.82) is 0 Å². The summed E-state index contributed by atoms with van der Waals surface area (Å²) in [6, 6.07) is 6.79. The SMILES string of the molecule is Cc1nn(CC(C)C)c(Cl)c1C(=O)OCCCCN1C(=O)c2ccccc2C1=O. The fourth-order valence-corrected chi connectivity index (χ4v) is 3.62. The van der Waals surface area contributed by atoms with E-state index in [1.807, 2.05) is 13.8 Å². The topological polar surface area (TPSA) is 81.5 Å². The highest BCUT2D eigenvalue weighted by atomic mass is 35.5. The molecule has 3 rings (SSSR count). The zero-order chi connectivity index (χ0) is 21.1. The largest absolute Gasteiger partial charge is 0.462 e. The molecule has 7 nitrogen and oxygen atoms in total. The van der Waals surface area contributed by atoms with Gasteiger partial charge in [0.2, 0.25) is 0 Å². The van der Waals surface area contributed by atoms with Gasteiger partial charge in [-0.3, -0.25) is 19.2 Å². The summed E-state index contributed by atoms with van der Waals surface area (Å²) >= 11 is 6.29. The van der Waals surface area contributed by atoms with Crippen LogP contribution in [0.2, 0.25) is 5.15 Å². The van der Waals surface area contributed by atoms with Crippen LogP contribution in [0.15, 0.2) is 24.3 Å². The predicted octanol–water partition coefficient (Wildman–Crippen LogP) is 3.73. The van der Waals surface area contributed by atoms with E-state index in [1.165, 1.54) is 4.90 Å². The Bertz CT molecular complexity index is 916. The molecule has 0 saturated carbocycles. The van der Waals surface area contributed by atoms with Crippen LogP contribution in [0, 0.1) is 12.8 Å². The number of aryl methyl sites for hydroxylation is 1. The number of carbonyl (C=O) groups is 3. The minimum Gasteiger partial charge on any atom is -0.462 e. The van der Waals surface area contributed by atoms with Crippen LogP contribution >= 0.6 is 11.6 Å². The average molecular weight is 418 g/mol. The fraction of sp³-hybridized carbons (Fsp3) is 0.429. The monoisotopic (exact) mass is 417 g/mol. The molecule has 0 bridgehead atoms. The van der Waals surface area contributed by atoms with E-state index < -0.39 is 5.97 Å². The number of halogens is 1. The number of amides is 2. The minimum absolute atomic E-state index is 0.174. The Morgan fingerprint density at radius 1 is 1.14 bits per heavy atom. The first-order valence-electron chi connectivity index (χ1n) is 9.66. The lowest BCUT2D eigenvalue weighted by Crippen LogP contribution is -2.30. The Hall–Kier alpha value is -2.67. The molecule has 0 saturated heterocycles. The first kappa shape index (κ1) is 21.0. The second kappa shape index (κ2) is 8.78. The summed E-state index contributed by atoms with van der Waals surface area (Å²) in [5.41, 5.74) is 1.69. The third kappa shape index (κ3) is 4.34. The molecule has 0 aliphatic carbocycles. The Labute approximate surface area is 174 Å². The van der Waals surface area contributed by atoms with Crippen LogP contribution in [0.5, 0.6) is 0 Å². The minimum atomic E-state index is -0.511. The molecule has 2 aromatic rings. The van der Waals surface area contributed by atoms with Gasteiger partial charge in [0.25, 0.3) is 11.8 Å². The zero-order valence-electron chi connectivity index (χ0n) is 16.8. The zero-order valence-corrected chi connectivity index (χ0v) is 17.5. The Morgan fingerprint density at radius 3 is 2.34 bits per heavy atom. The molecule has 1 aromatic heterocycles. The van der Waals surface area contributed by atoms with Crippen molar-refractivity contribution in [2.75, 3.05) is 13.2 Å². The van der Waals surface area contributed by atoms with Crippen molar-refractivity contribution < 1.29 is 19.1 Å². The van der Waals surface area contributed by atoms with E-state index in [0.29, 0.717) is 42.1 Å². The Morgan fingerprint density at radius 2 is 1.76 bits per heavy atom. The van der Waals surface area contributed by atoms with Crippen molar-refractivity contribution in [3.05, 3.63) is 51.8 Å². The summed E-state index contributed by atoms with van der Waals surface area (Å²) in [7, 11) is 0. The average Bonchev–Trinajstić information content (AvgIpc) is 3.08. The first-order chi connectivity index (χ1) is 13.8. The number of aromatic nitrogens is 2. The summed E-state index contributed by atoms with van der Waals surface area (Å²) in [6.07, 6.45) is 1.06. The predicted molar refractivity (Wildman–Crippen MR) is 108 cm³/mol. The molecule has 154 valence electrons. The maximum absolute atomic E-state index is 12.4. The van der Waals surface area contributed by atoms with Gasteiger partial charge < -0.3 is 4.74 Å². The molecule has 1 aliphatic heterocycles. The molecular weight excluding hydrogens is 394 g/mol. The van der Waals surface area contributed by atoms with Gasteiger partial charge in [-0.1, -0.05) is 37.6 Å². The van der Waals surface area contributed by atoms with Crippen LogP contribution in [0.4, 0.5) is 0 Å². The van der Waals surface area contributed by atoms with E-state index in [0.717, 1.165) is 0 Å². The van der Waals surface area contributed by atoms with Gasteiger partial charge in [-0.05, 0) is 37.8 Å². The number of fused-ring (bicyclic) bond motifs is 1. The van der Waals surface area contributed by atoms with Crippen molar-refractivity contribution in [1.82, 2.24) is 14.7 Å². The van der Waals surface area contributed by atoms with Gasteiger partial charge in [0.1, 0.15) is 10.7 Å². The number of benzene rings is 1. The molecule has 2 heterocycles. The lowest BCUT2D eigenvalue weighted by atomic mass is 10.1. The van der Waals surface area contributed by atoms with E-state index in [-0.39, 0.29) is 35.7 Å². The number of unbranched alkanes of at least 4 members (excludes halogenated alkanes) is 1. The van der Waals surface area contributed by atoms with Crippen LogP contribution in [-0.4, -0.2) is 45.6 Å². The van der Waals surface area contributed by atoms with E-state index in [2.05, 4.69) is 5.10 Å². The third-order valence-corrected chi connectivity index (χ3v) is 5.08. The second-order valence-electron chi connectivity index (χ2n) is 7.48. The molecule has 0 fully saturated rings. The molecule has 8 heteroatoms. The number of hydrogen-bond acceptors (Lipinski definition) is 5. The molecule has 0 spiro atoms. The lowest BCUT2D eigenvalue weighted by Gasteiger charge is -2.13. The first-order valence-corrected chi connectivity index (χ1v) is 10.0. The van der Waals surface area contributed by atoms with Gasteiger partial charge in [0.05, 0.1) is 23.4 Å². The molecule has 0 N–H and O–H groups in total. The normalized spacial score (nSPS) is 13.3. The number of nitrogens with zero attached hydrogens (tertiary/aromatic N) is 3. The highest BCUT2D eigenvalue weighted by molar-refractivity contribution is 6.32. The molecule has 0 unspecified atom stereocenters. The van der Waals surface area contributed by atoms with Gasteiger partial charge >= 0.3 is 5.97 Å². The van der Waals surface area contributed by atoms with Gasteiger partial charge in [-0.25, -0.2) is 4.79 Å². The summed E-state index contributed by atoms with van der Waals surface area (Å²) in [5, 5.41) is 4.59. The standard InChI is InChI=1S/C21H24ClN3O4/c1-13(2)12-25-18(22)17(14(3)23-25)21(28)29-11-7-6-10-24-19(26)15-8-4-5-9-16(15)20(24)27/h4-5,8-9,13H,6-7,10-12H2,1-3H3. The number of rotatable bonds is 8. The smallest absolute Gasteiger partial charge is 0.343 e. The van der Waals surface area contributed by atoms with Crippen molar-refractivity contribution in [3.8, 4) is 0 Å². The molecule has 0 atom stereocenters. The molecular formula is C21H24ClN3O4. The van der Waals surface area contributed by atoms with Gasteiger partial charge in [-0.15, -0.1) is 0 Å². The molecule has 1 aromatic carbocycles. The third-order valence-electron chi connectivity index (χ3n) is 4.70. The van der Waals surface area contributed by atoms with E-state index in [9.17, 15) is 14.4 Å². The summed E-state index contributed by atoms with van der Waals surface area (Å²) < 4.78 is 6.93. The summed E-state index contributed by atoms with van der Waals surface area (Å²) in [6.45, 7) is 6.89. The molecule has 0 radical (unpaired) electrons. The van der Waals surface area contributed by atoms with Gasteiger partial charge in [-0.2, -0.15) is 5.10 Å². The highest BCUT2D eigenvalue weighted by Crippen LogP contribution is 2.23. The second-order valence-corrected chi connectivity index (χ2v) is 7.84. The van der Waals surface area contributed by atoms with E-state index >= 15 is 0 Å². The summed E-state index contributed by atoms with van der Waals surface area (Å²) in [4.78, 5) is 38.2. The van der Waals surface area contributed by atoms with Crippen molar-refractivity contribution in [2.45, 2.75) is 40.2 Å². The van der Waals surface area contributed by atoms with E-state index in [1.54, 1.807) is 35.9 Å². The number of carbonyl (C=O) groups excluding carboxylic acids is 3. The fourth-order valence-electron chi connectivity index (χ4n) is 3.30. The Balaban J connectivity index is 1.48. The highest BCUT2D eigenvalue weighted by Gasteiger charge is 2.34. The lowest BCUT2D eigenvalue weighted by molar-refractivity contribution is 0.0485. The quantitative estimate of drug-likeness (QED) is 0.371. The van der Waals surface area contributed by atoms with Gasteiger partial charge in [0, 0.05) is 13.1 Å². The maximum Gasteiger partial charge on any atom is 0.343 e. The van der Waals surface area contributed by atoms with Gasteiger partial charge in [0.15, 0.2) is 0 Å². The maximum atomic E-state index is 12.4. The number of esters is 1. The van der Waals surface area contributed by atoms with Crippen molar-refractivity contribution >= 4 is 29.4 Å². The molecule has 29 heavy (non-hydrogen) atoms. The molecule has 1 aliphatic rings. The van der Waals surface area contributed by atoms with Crippen LogP contribution in [-0.2, 0) is 11.3 Å². The Kier molecular flexibility index (Phi) is 6.37.